The second kappa shape index (κ2) is 6.00. The fraction of sp³-hybridized carbons (Fsp3) is 0.417. The van der Waals surface area contributed by atoms with Gasteiger partial charge in [-0.1, -0.05) is 6.07 Å². The van der Waals surface area contributed by atoms with E-state index in [0.717, 1.165) is 0 Å². The van der Waals surface area contributed by atoms with Crippen molar-refractivity contribution in [3.05, 3.63) is 34.2 Å². The Bertz CT molecular complexity index is 493. The van der Waals surface area contributed by atoms with Gasteiger partial charge in [0, 0.05) is 18.7 Å². The monoisotopic (exact) mass is 252 g/mol. The number of aromatic amines is 1. The van der Waals surface area contributed by atoms with Gasteiger partial charge in [-0.15, -0.1) is 0 Å². The van der Waals surface area contributed by atoms with Crippen LogP contribution in [-0.4, -0.2) is 39.5 Å². The van der Waals surface area contributed by atoms with E-state index in [-0.39, 0.29) is 36.2 Å². The van der Waals surface area contributed by atoms with Crippen molar-refractivity contribution in [3.8, 4) is 0 Å². The van der Waals surface area contributed by atoms with Crippen molar-refractivity contribution >= 4 is 11.9 Å². The fourth-order valence-electron chi connectivity index (χ4n) is 1.54. The van der Waals surface area contributed by atoms with Crippen LogP contribution >= 0.6 is 0 Å². The lowest BCUT2D eigenvalue weighted by Gasteiger charge is -2.25. The van der Waals surface area contributed by atoms with Crippen LogP contribution in [0.1, 0.15) is 30.8 Å². The highest BCUT2D eigenvalue weighted by atomic mass is 16.4. The van der Waals surface area contributed by atoms with Crippen molar-refractivity contribution < 1.29 is 14.7 Å². The summed E-state index contributed by atoms with van der Waals surface area (Å²) in [7, 11) is 0. The minimum atomic E-state index is -0.963. The van der Waals surface area contributed by atoms with Crippen LogP contribution < -0.4 is 5.56 Å². The van der Waals surface area contributed by atoms with Crippen molar-refractivity contribution in [2.24, 2.45) is 0 Å². The van der Waals surface area contributed by atoms with Gasteiger partial charge in [-0.2, -0.15) is 0 Å². The van der Waals surface area contributed by atoms with Crippen molar-refractivity contribution in [2.45, 2.75) is 26.3 Å². The first-order valence-electron chi connectivity index (χ1n) is 5.64. The Morgan fingerprint density at radius 3 is 2.56 bits per heavy atom. The molecule has 0 aliphatic rings. The molecule has 1 heterocycles. The van der Waals surface area contributed by atoms with Crippen LogP contribution in [0.5, 0.6) is 0 Å². The van der Waals surface area contributed by atoms with E-state index in [4.69, 9.17) is 5.11 Å². The quantitative estimate of drug-likeness (QED) is 0.807. The number of nitrogens with zero attached hydrogens (tertiary/aromatic N) is 1. The third-order valence-electron chi connectivity index (χ3n) is 2.45. The van der Waals surface area contributed by atoms with E-state index in [1.54, 1.807) is 13.8 Å². The lowest BCUT2D eigenvalue weighted by atomic mass is 10.2. The lowest BCUT2D eigenvalue weighted by Crippen LogP contribution is -2.39. The molecule has 0 aliphatic heterocycles. The van der Waals surface area contributed by atoms with Gasteiger partial charge in [0.1, 0.15) is 5.69 Å². The number of carboxylic acids is 1. The highest BCUT2D eigenvalue weighted by Gasteiger charge is 2.19. The van der Waals surface area contributed by atoms with Gasteiger partial charge < -0.3 is 15.0 Å². The van der Waals surface area contributed by atoms with Gasteiger partial charge in [-0.25, -0.2) is 0 Å². The normalized spacial score (nSPS) is 10.4. The molecular weight excluding hydrogens is 236 g/mol. The number of carboxylic acid groups (broad SMARTS) is 1. The molecule has 0 spiro atoms. The number of aromatic nitrogens is 1. The Kier molecular flexibility index (Phi) is 4.65. The molecular formula is C12H16N2O4. The predicted molar refractivity (Wildman–Crippen MR) is 65.5 cm³/mol. The minimum absolute atomic E-state index is 0.114. The first kappa shape index (κ1) is 14.0. The molecule has 0 atom stereocenters. The molecule has 0 aromatic carbocycles. The van der Waals surface area contributed by atoms with Crippen LogP contribution in [0.2, 0.25) is 0 Å². The number of pyridine rings is 1. The molecule has 0 bridgehead atoms. The maximum absolute atomic E-state index is 12.1. The van der Waals surface area contributed by atoms with Gasteiger partial charge in [0.2, 0.25) is 5.56 Å². The SMILES string of the molecule is CC(C)N(CCC(=O)O)C(=O)c1cccc(=O)[nH]1. The molecule has 0 fully saturated rings. The summed E-state index contributed by atoms with van der Waals surface area (Å²) in [5, 5.41) is 8.64. The zero-order valence-electron chi connectivity index (χ0n) is 10.3. The summed E-state index contributed by atoms with van der Waals surface area (Å²) >= 11 is 0. The van der Waals surface area contributed by atoms with E-state index in [1.807, 2.05) is 0 Å². The van der Waals surface area contributed by atoms with E-state index in [1.165, 1.54) is 23.1 Å². The van der Waals surface area contributed by atoms with Crippen LogP contribution in [0, 0.1) is 0 Å². The number of hydrogen-bond donors (Lipinski definition) is 2. The van der Waals surface area contributed by atoms with Gasteiger partial charge in [-0.3, -0.25) is 14.4 Å². The standard InChI is InChI=1S/C12H16N2O4/c1-8(2)14(7-6-11(16)17)12(18)9-4-3-5-10(15)13-9/h3-5,8H,6-7H2,1-2H3,(H,13,15)(H,16,17). The number of amides is 1. The zero-order chi connectivity index (χ0) is 13.7. The van der Waals surface area contributed by atoms with Crippen LogP contribution in [0.3, 0.4) is 0 Å². The molecule has 1 aromatic rings. The number of hydrogen-bond acceptors (Lipinski definition) is 3. The van der Waals surface area contributed by atoms with Crippen LogP contribution in [-0.2, 0) is 4.79 Å². The number of rotatable bonds is 5. The average Bonchev–Trinajstić information content (AvgIpc) is 2.28. The summed E-state index contributed by atoms with van der Waals surface area (Å²) in [5.41, 5.74) is -0.190. The second-order valence-corrected chi connectivity index (χ2v) is 4.16. The van der Waals surface area contributed by atoms with Crippen LogP contribution in [0.15, 0.2) is 23.0 Å². The van der Waals surface area contributed by atoms with E-state index in [0.29, 0.717) is 0 Å². The highest BCUT2D eigenvalue weighted by molar-refractivity contribution is 5.92. The number of nitrogens with one attached hydrogen (secondary N) is 1. The van der Waals surface area contributed by atoms with Gasteiger partial charge >= 0.3 is 5.97 Å². The average molecular weight is 252 g/mol. The Balaban J connectivity index is 2.89. The van der Waals surface area contributed by atoms with Crippen molar-refractivity contribution in [2.75, 3.05) is 6.54 Å². The lowest BCUT2D eigenvalue weighted by molar-refractivity contribution is -0.137. The first-order chi connectivity index (χ1) is 8.41. The Morgan fingerprint density at radius 1 is 1.39 bits per heavy atom. The number of carbonyl (C=O) groups excluding carboxylic acids is 1. The summed E-state index contributed by atoms with van der Waals surface area (Å²) in [6.07, 6.45) is -0.124. The molecule has 0 unspecified atom stereocenters. The second-order valence-electron chi connectivity index (χ2n) is 4.16. The summed E-state index contributed by atoms with van der Waals surface area (Å²) in [6.45, 7) is 3.70. The Hall–Kier alpha value is -2.11. The van der Waals surface area contributed by atoms with Crippen LogP contribution in [0.4, 0.5) is 0 Å². The van der Waals surface area contributed by atoms with E-state index >= 15 is 0 Å². The molecule has 1 amide bonds. The number of carbonyl (C=O) groups is 2. The van der Waals surface area contributed by atoms with E-state index < -0.39 is 5.97 Å². The molecule has 0 aliphatic carbocycles. The smallest absolute Gasteiger partial charge is 0.305 e. The van der Waals surface area contributed by atoms with E-state index in [2.05, 4.69) is 4.98 Å². The fourth-order valence-corrected chi connectivity index (χ4v) is 1.54. The molecule has 6 heteroatoms. The molecule has 0 radical (unpaired) electrons. The first-order valence-corrected chi connectivity index (χ1v) is 5.64. The molecule has 2 N–H and O–H groups in total. The molecule has 6 nitrogen and oxygen atoms in total. The third kappa shape index (κ3) is 3.73. The predicted octanol–water partition coefficient (Wildman–Crippen LogP) is 0.700. The summed E-state index contributed by atoms with van der Waals surface area (Å²) in [4.78, 5) is 37.6. The topological polar surface area (TPSA) is 90.5 Å². The molecule has 18 heavy (non-hydrogen) atoms. The molecule has 0 saturated carbocycles. The minimum Gasteiger partial charge on any atom is -0.481 e. The van der Waals surface area contributed by atoms with Gasteiger partial charge in [0.05, 0.1) is 6.42 Å². The summed E-state index contributed by atoms with van der Waals surface area (Å²) in [5.74, 6) is -1.33. The van der Waals surface area contributed by atoms with Gasteiger partial charge in [0.15, 0.2) is 0 Å². The van der Waals surface area contributed by atoms with Crippen molar-refractivity contribution in [1.82, 2.24) is 9.88 Å². The Morgan fingerprint density at radius 2 is 2.06 bits per heavy atom. The maximum Gasteiger partial charge on any atom is 0.305 e. The third-order valence-corrected chi connectivity index (χ3v) is 2.45. The summed E-state index contributed by atoms with van der Waals surface area (Å²) in [6, 6.07) is 4.16. The van der Waals surface area contributed by atoms with Crippen molar-refractivity contribution in [1.29, 1.82) is 0 Å². The highest BCUT2D eigenvalue weighted by Crippen LogP contribution is 2.06. The molecule has 98 valence electrons. The van der Waals surface area contributed by atoms with Gasteiger partial charge in [-0.05, 0) is 19.9 Å². The maximum atomic E-state index is 12.1. The van der Waals surface area contributed by atoms with Gasteiger partial charge in [0.25, 0.3) is 5.91 Å². The molecule has 1 aromatic heterocycles. The largest absolute Gasteiger partial charge is 0.481 e. The Labute approximate surface area is 104 Å². The van der Waals surface area contributed by atoms with Crippen LogP contribution in [0.25, 0.3) is 0 Å². The number of aliphatic carboxylic acids is 1. The van der Waals surface area contributed by atoms with E-state index in [9.17, 15) is 14.4 Å². The summed E-state index contributed by atoms with van der Waals surface area (Å²) < 4.78 is 0. The van der Waals surface area contributed by atoms with Crippen molar-refractivity contribution in [3.63, 3.8) is 0 Å². The molecule has 0 saturated heterocycles. The zero-order valence-corrected chi connectivity index (χ0v) is 10.3. The molecule has 1 rings (SSSR count). The number of H-pyrrole nitrogens is 1.